The van der Waals surface area contributed by atoms with Crippen LogP contribution >= 0.6 is 22.6 Å². The highest BCUT2D eigenvalue weighted by Crippen LogP contribution is 2.38. The number of hydrogen-bond acceptors (Lipinski definition) is 0. The average molecular weight is 412 g/mol. The molecule has 0 heterocycles. The van der Waals surface area contributed by atoms with E-state index in [-0.39, 0.29) is 5.41 Å². The summed E-state index contributed by atoms with van der Waals surface area (Å²) in [6.45, 7) is 6.86. The summed E-state index contributed by atoms with van der Waals surface area (Å²) in [7, 11) is 0. The summed E-state index contributed by atoms with van der Waals surface area (Å²) >= 11 is 2.51. The van der Waals surface area contributed by atoms with Crippen LogP contribution in [0.1, 0.15) is 26.3 Å². The maximum atomic E-state index is 2.51. The monoisotopic (exact) mass is 412 g/mol. The summed E-state index contributed by atoms with van der Waals surface area (Å²) in [4.78, 5) is 0. The van der Waals surface area contributed by atoms with Gasteiger partial charge in [0.25, 0.3) is 0 Å². The van der Waals surface area contributed by atoms with E-state index < -0.39 is 0 Å². The van der Waals surface area contributed by atoms with Crippen molar-refractivity contribution in [2.24, 2.45) is 0 Å². The molecule has 23 heavy (non-hydrogen) atoms. The minimum Gasteiger partial charge on any atom is -0.0622 e. The molecule has 3 aromatic rings. The van der Waals surface area contributed by atoms with Crippen molar-refractivity contribution in [2.45, 2.75) is 26.2 Å². The Labute approximate surface area is 152 Å². The second-order valence-corrected chi connectivity index (χ2v) is 7.95. The highest BCUT2D eigenvalue weighted by molar-refractivity contribution is 14.1. The lowest BCUT2D eigenvalue weighted by Crippen LogP contribution is -2.14. The summed E-state index contributed by atoms with van der Waals surface area (Å²) in [6.07, 6.45) is 0. The molecule has 0 aliphatic rings. The first kappa shape index (κ1) is 16.3. The molecule has 0 aliphatic heterocycles. The van der Waals surface area contributed by atoms with Crippen LogP contribution in [0, 0.1) is 3.57 Å². The standard InChI is InChI=1S/C22H21I/c1-22(2,3)20-15-18(16-10-6-4-7-11-16)14-19(21(20)23)17-12-8-5-9-13-17/h4-15H,1-3H3. The molecular weight excluding hydrogens is 391 g/mol. The van der Waals surface area contributed by atoms with Crippen LogP contribution in [0.3, 0.4) is 0 Å². The zero-order valence-corrected chi connectivity index (χ0v) is 16.0. The first-order valence-corrected chi connectivity index (χ1v) is 8.99. The van der Waals surface area contributed by atoms with E-state index in [0.29, 0.717) is 0 Å². The molecule has 0 radical (unpaired) electrons. The number of benzene rings is 3. The summed E-state index contributed by atoms with van der Waals surface area (Å²) in [5.41, 5.74) is 6.67. The van der Waals surface area contributed by atoms with Crippen molar-refractivity contribution >= 4 is 22.6 Å². The largest absolute Gasteiger partial charge is 0.0622 e. The van der Waals surface area contributed by atoms with Crippen molar-refractivity contribution in [3.05, 3.63) is 81.9 Å². The second-order valence-electron chi connectivity index (χ2n) is 6.87. The molecule has 0 N–H and O–H groups in total. The highest BCUT2D eigenvalue weighted by atomic mass is 127. The van der Waals surface area contributed by atoms with Crippen molar-refractivity contribution < 1.29 is 0 Å². The average Bonchev–Trinajstić information content (AvgIpc) is 2.55. The third-order valence-corrected chi connectivity index (χ3v) is 5.23. The number of hydrogen-bond donors (Lipinski definition) is 0. The van der Waals surface area contributed by atoms with Crippen LogP contribution in [-0.4, -0.2) is 0 Å². The van der Waals surface area contributed by atoms with Gasteiger partial charge in [0.2, 0.25) is 0 Å². The van der Waals surface area contributed by atoms with Crippen LogP contribution in [0.15, 0.2) is 72.8 Å². The van der Waals surface area contributed by atoms with Gasteiger partial charge in [-0.05, 0) is 68.0 Å². The maximum absolute atomic E-state index is 2.51. The molecule has 3 aromatic carbocycles. The summed E-state index contributed by atoms with van der Waals surface area (Å²) in [5, 5.41) is 0. The van der Waals surface area contributed by atoms with E-state index >= 15 is 0 Å². The molecule has 0 unspecified atom stereocenters. The molecule has 0 saturated heterocycles. The lowest BCUT2D eigenvalue weighted by Gasteiger charge is -2.24. The first-order valence-electron chi connectivity index (χ1n) is 7.92. The molecule has 116 valence electrons. The van der Waals surface area contributed by atoms with Crippen molar-refractivity contribution in [3.8, 4) is 22.3 Å². The highest BCUT2D eigenvalue weighted by Gasteiger charge is 2.21. The quantitative estimate of drug-likeness (QED) is 0.401. The van der Waals surface area contributed by atoms with E-state index in [2.05, 4.69) is 116 Å². The van der Waals surface area contributed by atoms with E-state index in [1.165, 1.54) is 31.4 Å². The Balaban J connectivity index is 2.27. The predicted molar refractivity (Wildman–Crippen MR) is 109 cm³/mol. The van der Waals surface area contributed by atoms with E-state index in [9.17, 15) is 0 Å². The smallest absolute Gasteiger partial charge is 0.0246 e. The fraction of sp³-hybridized carbons (Fsp3) is 0.182. The Bertz CT molecular complexity index is 797. The molecule has 0 nitrogen and oxygen atoms in total. The molecule has 0 fully saturated rings. The van der Waals surface area contributed by atoms with Crippen molar-refractivity contribution in [2.75, 3.05) is 0 Å². The Morgan fingerprint density at radius 3 is 1.70 bits per heavy atom. The van der Waals surface area contributed by atoms with Crippen LogP contribution in [0.5, 0.6) is 0 Å². The van der Waals surface area contributed by atoms with Gasteiger partial charge in [-0.1, -0.05) is 81.4 Å². The Hall–Kier alpha value is -1.61. The summed E-state index contributed by atoms with van der Waals surface area (Å²) in [5.74, 6) is 0. The zero-order valence-electron chi connectivity index (χ0n) is 13.8. The topological polar surface area (TPSA) is 0 Å². The summed E-state index contributed by atoms with van der Waals surface area (Å²) < 4.78 is 1.35. The second kappa shape index (κ2) is 6.48. The number of halogens is 1. The van der Waals surface area contributed by atoms with Gasteiger partial charge in [0, 0.05) is 3.57 Å². The van der Waals surface area contributed by atoms with Gasteiger partial charge >= 0.3 is 0 Å². The molecule has 0 bridgehead atoms. The van der Waals surface area contributed by atoms with E-state index in [1.807, 2.05) is 0 Å². The van der Waals surface area contributed by atoms with E-state index in [1.54, 1.807) is 0 Å². The van der Waals surface area contributed by atoms with Gasteiger partial charge in [-0.3, -0.25) is 0 Å². The SMILES string of the molecule is CC(C)(C)c1cc(-c2ccccc2)cc(-c2ccccc2)c1I. The minimum absolute atomic E-state index is 0.116. The lowest BCUT2D eigenvalue weighted by molar-refractivity contribution is 0.587. The van der Waals surface area contributed by atoms with Crippen LogP contribution < -0.4 is 0 Å². The van der Waals surface area contributed by atoms with Gasteiger partial charge in [0.1, 0.15) is 0 Å². The van der Waals surface area contributed by atoms with Crippen molar-refractivity contribution in [3.63, 3.8) is 0 Å². The van der Waals surface area contributed by atoms with Gasteiger partial charge < -0.3 is 0 Å². The van der Waals surface area contributed by atoms with Gasteiger partial charge in [-0.2, -0.15) is 0 Å². The van der Waals surface area contributed by atoms with Crippen molar-refractivity contribution in [1.82, 2.24) is 0 Å². The Kier molecular flexibility index (Phi) is 4.58. The van der Waals surface area contributed by atoms with Gasteiger partial charge in [-0.25, -0.2) is 0 Å². The molecule has 0 aromatic heterocycles. The van der Waals surface area contributed by atoms with Gasteiger partial charge in [0.15, 0.2) is 0 Å². The van der Waals surface area contributed by atoms with Gasteiger partial charge in [-0.15, -0.1) is 0 Å². The Morgan fingerprint density at radius 2 is 1.17 bits per heavy atom. The van der Waals surface area contributed by atoms with Crippen molar-refractivity contribution in [1.29, 1.82) is 0 Å². The molecule has 0 saturated carbocycles. The minimum atomic E-state index is 0.116. The lowest BCUT2D eigenvalue weighted by atomic mass is 9.83. The Morgan fingerprint density at radius 1 is 0.652 bits per heavy atom. The molecule has 3 rings (SSSR count). The fourth-order valence-electron chi connectivity index (χ4n) is 2.80. The predicted octanol–water partition coefficient (Wildman–Crippen LogP) is 6.92. The van der Waals surface area contributed by atoms with E-state index in [0.717, 1.165) is 0 Å². The van der Waals surface area contributed by atoms with Crippen LogP contribution in [0.4, 0.5) is 0 Å². The molecule has 0 amide bonds. The third kappa shape index (κ3) is 3.50. The van der Waals surface area contributed by atoms with E-state index in [4.69, 9.17) is 0 Å². The van der Waals surface area contributed by atoms with Crippen LogP contribution in [0.2, 0.25) is 0 Å². The fourth-order valence-corrected chi connectivity index (χ4v) is 4.23. The molecule has 0 aliphatic carbocycles. The number of rotatable bonds is 2. The van der Waals surface area contributed by atoms with Crippen LogP contribution in [-0.2, 0) is 5.41 Å². The normalized spacial score (nSPS) is 11.5. The molecule has 1 heteroatoms. The molecule has 0 spiro atoms. The van der Waals surface area contributed by atoms with Crippen LogP contribution in [0.25, 0.3) is 22.3 Å². The molecule has 0 atom stereocenters. The first-order chi connectivity index (χ1) is 11.0. The third-order valence-electron chi connectivity index (χ3n) is 4.07. The zero-order chi connectivity index (χ0) is 16.4. The van der Waals surface area contributed by atoms with Gasteiger partial charge in [0.05, 0.1) is 0 Å². The maximum Gasteiger partial charge on any atom is 0.0246 e. The summed E-state index contributed by atoms with van der Waals surface area (Å²) in [6, 6.07) is 26.0. The molecular formula is C22H21I.